The molecule has 2 aromatic rings. The number of rotatable bonds is 2. The molecule has 0 aliphatic heterocycles. The van der Waals surface area contributed by atoms with Crippen molar-refractivity contribution in [1.29, 1.82) is 0 Å². The highest BCUT2D eigenvalue weighted by Crippen LogP contribution is 2.27. The van der Waals surface area contributed by atoms with E-state index in [4.69, 9.17) is 0 Å². The number of hydrogen-bond acceptors (Lipinski definition) is 4. The van der Waals surface area contributed by atoms with Gasteiger partial charge in [0.25, 0.3) is 0 Å². The number of aryl methyl sites for hydroxylation is 2. The molecule has 2 rings (SSSR count). The highest BCUT2D eigenvalue weighted by atomic mass is 32.1. The molecular weight excluding hydrogens is 208 g/mol. The van der Waals surface area contributed by atoms with Crippen molar-refractivity contribution in [1.82, 2.24) is 9.36 Å². The Balaban J connectivity index is 2.89. The molecule has 0 fully saturated rings. The summed E-state index contributed by atoms with van der Waals surface area (Å²) in [4.78, 5) is 16.2. The van der Waals surface area contributed by atoms with E-state index in [1.807, 2.05) is 13.8 Å². The van der Waals surface area contributed by atoms with E-state index in [9.17, 15) is 4.79 Å². The molecule has 4 heteroatoms. The van der Waals surface area contributed by atoms with Crippen LogP contribution in [0, 0.1) is 13.8 Å². The van der Waals surface area contributed by atoms with E-state index >= 15 is 0 Å². The molecule has 0 amide bonds. The molecule has 0 aliphatic carbocycles. The zero-order valence-electron chi connectivity index (χ0n) is 9.00. The van der Waals surface area contributed by atoms with E-state index in [0.717, 1.165) is 34.2 Å². The first-order chi connectivity index (χ1) is 7.19. The first-order valence-electron chi connectivity index (χ1n) is 4.89. The van der Waals surface area contributed by atoms with Crippen LogP contribution < -0.4 is 0 Å². The predicted octanol–water partition coefficient (Wildman–Crippen LogP) is 2.68. The largest absolute Gasteiger partial charge is 0.296 e. The van der Waals surface area contributed by atoms with Gasteiger partial charge in [0.05, 0.1) is 0 Å². The zero-order chi connectivity index (χ0) is 11.0. The number of carbonyl (C=O) groups is 1. The summed E-state index contributed by atoms with van der Waals surface area (Å²) >= 11 is 1.29. The molecule has 0 aromatic carbocycles. The average molecular weight is 220 g/mol. The molecule has 0 spiro atoms. The van der Waals surface area contributed by atoms with Crippen molar-refractivity contribution in [2.45, 2.75) is 27.2 Å². The van der Waals surface area contributed by atoms with Crippen LogP contribution in [0.1, 0.15) is 34.2 Å². The summed E-state index contributed by atoms with van der Waals surface area (Å²) in [5.74, 6) is 0. The maximum Gasteiger partial charge on any atom is 0.170 e. The molecule has 0 atom stereocenters. The number of fused-ring (bicyclic) bond motifs is 1. The number of nitrogens with zero attached hydrogens (tertiary/aromatic N) is 2. The monoisotopic (exact) mass is 220 g/mol. The van der Waals surface area contributed by atoms with Crippen LogP contribution in [0.3, 0.4) is 0 Å². The third-order valence-corrected chi connectivity index (χ3v) is 3.46. The van der Waals surface area contributed by atoms with Crippen molar-refractivity contribution < 1.29 is 4.79 Å². The second-order valence-corrected chi connectivity index (χ2v) is 4.27. The normalized spacial score (nSPS) is 10.9. The lowest BCUT2D eigenvalue weighted by atomic mass is 10.0. The van der Waals surface area contributed by atoms with Gasteiger partial charge in [0.2, 0.25) is 0 Å². The molecule has 0 radical (unpaired) electrons. The molecule has 2 heterocycles. The first-order valence-corrected chi connectivity index (χ1v) is 5.67. The van der Waals surface area contributed by atoms with Gasteiger partial charge >= 0.3 is 0 Å². The Morgan fingerprint density at radius 1 is 1.40 bits per heavy atom. The van der Waals surface area contributed by atoms with Crippen molar-refractivity contribution in [3.8, 4) is 0 Å². The fraction of sp³-hybridized carbons (Fsp3) is 0.364. The number of carbonyl (C=O) groups excluding carboxylic acids is 1. The van der Waals surface area contributed by atoms with Crippen molar-refractivity contribution in [3.05, 3.63) is 22.5 Å². The van der Waals surface area contributed by atoms with Gasteiger partial charge in [0.1, 0.15) is 10.5 Å². The van der Waals surface area contributed by atoms with E-state index in [-0.39, 0.29) is 0 Å². The Hall–Kier alpha value is -1.29. The molecule has 0 saturated carbocycles. The van der Waals surface area contributed by atoms with E-state index in [1.165, 1.54) is 17.1 Å². The Bertz CT molecular complexity index is 531. The summed E-state index contributed by atoms with van der Waals surface area (Å²) in [5.41, 5.74) is 3.94. The van der Waals surface area contributed by atoms with Gasteiger partial charge < -0.3 is 0 Å². The van der Waals surface area contributed by atoms with Crippen LogP contribution in [0.15, 0.2) is 0 Å². The van der Waals surface area contributed by atoms with Crippen LogP contribution in [0.25, 0.3) is 10.2 Å². The summed E-state index contributed by atoms with van der Waals surface area (Å²) in [6, 6.07) is 0. The quantitative estimate of drug-likeness (QED) is 0.731. The van der Waals surface area contributed by atoms with Crippen LogP contribution in [0.2, 0.25) is 0 Å². The fourth-order valence-electron chi connectivity index (χ4n) is 1.97. The average Bonchev–Trinajstić information content (AvgIpc) is 2.61. The molecule has 2 aromatic heterocycles. The Kier molecular flexibility index (Phi) is 2.52. The molecule has 0 saturated heterocycles. The molecule has 3 nitrogen and oxygen atoms in total. The van der Waals surface area contributed by atoms with E-state index in [1.54, 1.807) is 0 Å². The first kappa shape index (κ1) is 10.2. The SMILES string of the molecule is CCc1c(C)nc2snc(C=O)c2c1C. The molecule has 0 aliphatic rings. The van der Waals surface area contributed by atoms with E-state index in [2.05, 4.69) is 16.3 Å². The van der Waals surface area contributed by atoms with Crippen LogP contribution >= 0.6 is 11.5 Å². The predicted molar refractivity (Wildman–Crippen MR) is 61.7 cm³/mol. The number of pyridine rings is 1. The minimum atomic E-state index is 0.523. The zero-order valence-corrected chi connectivity index (χ0v) is 9.81. The topological polar surface area (TPSA) is 42.9 Å². The lowest BCUT2D eigenvalue weighted by Gasteiger charge is -2.07. The standard InChI is InChI=1S/C11H12N2OS/c1-4-8-6(2)10-9(5-14)13-15-11(10)12-7(8)3/h5H,4H2,1-3H3. The van der Waals surface area contributed by atoms with Gasteiger partial charge in [-0.1, -0.05) is 6.92 Å². The summed E-state index contributed by atoms with van der Waals surface area (Å²) in [6.45, 7) is 6.14. The van der Waals surface area contributed by atoms with Crippen molar-refractivity contribution in [2.75, 3.05) is 0 Å². The summed E-state index contributed by atoms with van der Waals surface area (Å²) < 4.78 is 4.10. The van der Waals surface area contributed by atoms with Gasteiger partial charge in [-0.25, -0.2) is 4.98 Å². The number of aldehydes is 1. The van der Waals surface area contributed by atoms with E-state index in [0.29, 0.717) is 5.69 Å². The molecule has 0 bridgehead atoms. The second kappa shape index (κ2) is 3.70. The minimum Gasteiger partial charge on any atom is -0.296 e. The Labute approximate surface area is 92.3 Å². The highest BCUT2D eigenvalue weighted by molar-refractivity contribution is 7.13. The molecule has 78 valence electrons. The Morgan fingerprint density at radius 2 is 2.13 bits per heavy atom. The van der Waals surface area contributed by atoms with Gasteiger partial charge in [-0.15, -0.1) is 0 Å². The highest BCUT2D eigenvalue weighted by Gasteiger charge is 2.13. The van der Waals surface area contributed by atoms with E-state index < -0.39 is 0 Å². The molecule has 15 heavy (non-hydrogen) atoms. The van der Waals surface area contributed by atoms with Gasteiger partial charge in [0, 0.05) is 11.1 Å². The van der Waals surface area contributed by atoms with Crippen molar-refractivity contribution in [3.63, 3.8) is 0 Å². The molecule has 0 unspecified atom stereocenters. The van der Waals surface area contributed by atoms with Crippen LogP contribution in [0.4, 0.5) is 0 Å². The van der Waals surface area contributed by atoms with Crippen LogP contribution in [0.5, 0.6) is 0 Å². The number of hydrogen-bond donors (Lipinski definition) is 0. The second-order valence-electron chi connectivity index (χ2n) is 3.52. The molecular formula is C11H12N2OS. The summed E-state index contributed by atoms with van der Waals surface area (Å²) in [7, 11) is 0. The van der Waals surface area contributed by atoms with Gasteiger partial charge in [0.15, 0.2) is 6.29 Å². The minimum absolute atomic E-state index is 0.523. The van der Waals surface area contributed by atoms with Gasteiger partial charge in [-0.3, -0.25) is 4.79 Å². The molecule has 0 N–H and O–H groups in total. The number of aromatic nitrogens is 2. The lowest BCUT2D eigenvalue weighted by molar-refractivity contribution is 0.112. The summed E-state index contributed by atoms with van der Waals surface area (Å²) in [6.07, 6.45) is 1.75. The lowest BCUT2D eigenvalue weighted by Crippen LogP contribution is -1.96. The van der Waals surface area contributed by atoms with Gasteiger partial charge in [-0.05, 0) is 42.9 Å². The van der Waals surface area contributed by atoms with Crippen molar-refractivity contribution in [2.24, 2.45) is 0 Å². The Morgan fingerprint density at radius 3 is 2.73 bits per heavy atom. The van der Waals surface area contributed by atoms with Gasteiger partial charge in [-0.2, -0.15) is 4.37 Å². The summed E-state index contributed by atoms with van der Waals surface area (Å²) in [5, 5.41) is 0.928. The van der Waals surface area contributed by atoms with Crippen molar-refractivity contribution >= 4 is 28.0 Å². The van der Waals surface area contributed by atoms with Crippen LogP contribution in [-0.2, 0) is 6.42 Å². The maximum absolute atomic E-state index is 10.8. The third-order valence-electron chi connectivity index (χ3n) is 2.70. The smallest absolute Gasteiger partial charge is 0.170 e. The maximum atomic E-state index is 10.8. The third kappa shape index (κ3) is 1.45. The fourth-order valence-corrected chi connectivity index (χ4v) is 2.81. The van der Waals surface area contributed by atoms with Crippen LogP contribution in [-0.4, -0.2) is 15.6 Å².